The number of amides is 1. The van der Waals surface area contributed by atoms with E-state index in [0.717, 1.165) is 18.8 Å². The number of nitrogens with zero attached hydrogens (tertiary/aromatic N) is 3. The van der Waals surface area contributed by atoms with Crippen LogP contribution in [0.15, 0.2) is 6.20 Å². The maximum Gasteiger partial charge on any atom is 0.217 e. The van der Waals surface area contributed by atoms with Crippen molar-refractivity contribution in [2.24, 2.45) is 0 Å². The summed E-state index contributed by atoms with van der Waals surface area (Å²) in [6, 6.07) is 0.425. The van der Waals surface area contributed by atoms with Crippen LogP contribution in [0.4, 0.5) is 0 Å². The molecule has 1 aliphatic heterocycles. The van der Waals surface area contributed by atoms with E-state index in [1.807, 2.05) is 10.9 Å². The van der Waals surface area contributed by atoms with Crippen LogP contribution >= 0.6 is 0 Å². The van der Waals surface area contributed by atoms with Gasteiger partial charge in [0.15, 0.2) is 0 Å². The Hall–Kier alpha value is -1.43. The van der Waals surface area contributed by atoms with Crippen molar-refractivity contribution in [1.29, 1.82) is 0 Å². The standard InChI is InChI=1S/C8H13N5O/c1-6(14)10-2-7-5-13(12-11-7)8-3-9-4-8/h5,8-9H,2-4H2,1H3,(H,10,14). The average molecular weight is 195 g/mol. The summed E-state index contributed by atoms with van der Waals surface area (Å²) in [5.41, 5.74) is 0.798. The third-order valence-corrected chi connectivity index (χ3v) is 2.21. The first-order valence-corrected chi connectivity index (χ1v) is 4.61. The summed E-state index contributed by atoms with van der Waals surface area (Å²) in [4.78, 5) is 10.6. The van der Waals surface area contributed by atoms with E-state index in [9.17, 15) is 4.79 Å². The highest BCUT2D eigenvalue weighted by atomic mass is 16.1. The minimum absolute atomic E-state index is 0.0511. The molecule has 0 spiro atoms. The molecule has 0 radical (unpaired) electrons. The van der Waals surface area contributed by atoms with Crippen molar-refractivity contribution < 1.29 is 4.79 Å². The molecule has 0 atom stereocenters. The van der Waals surface area contributed by atoms with E-state index in [2.05, 4.69) is 20.9 Å². The van der Waals surface area contributed by atoms with Crippen LogP contribution in [-0.2, 0) is 11.3 Å². The summed E-state index contributed by atoms with van der Waals surface area (Å²) in [6.07, 6.45) is 1.88. The summed E-state index contributed by atoms with van der Waals surface area (Å²) in [7, 11) is 0. The molecule has 0 aromatic carbocycles. The molecule has 1 amide bonds. The van der Waals surface area contributed by atoms with Gasteiger partial charge in [0.2, 0.25) is 5.91 Å². The number of carbonyl (C=O) groups is 1. The van der Waals surface area contributed by atoms with Crippen LogP contribution in [0.5, 0.6) is 0 Å². The fourth-order valence-corrected chi connectivity index (χ4v) is 1.25. The van der Waals surface area contributed by atoms with Crippen LogP contribution < -0.4 is 10.6 Å². The Morgan fingerprint density at radius 3 is 3.14 bits per heavy atom. The summed E-state index contributed by atoms with van der Waals surface area (Å²) in [5, 5.41) is 13.8. The van der Waals surface area contributed by atoms with E-state index in [-0.39, 0.29) is 5.91 Å². The van der Waals surface area contributed by atoms with Gasteiger partial charge in [-0.2, -0.15) is 0 Å². The van der Waals surface area contributed by atoms with Crippen molar-refractivity contribution >= 4 is 5.91 Å². The molecule has 0 aliphatic carbocycles. The van der Waals surface area contributed by atoms with Gasteiger partial charge in [-0.05, 0) is 0 Å². The SMILES string of the molecule is CC(=O)NCc1cn(C2CNC2)nn1. The van der Waals surface area contributed by atoms with Crippen LogP contribution in [0.1, 0.15) is 18.7 Å². The van der Waals surface area contributed by atoms with Crippen molar-refractivity contribution in [2.45, 2.75) is 19.5 Å². The Kier molecular flexibility index (Phi) is 2.45. The van der Waals surface area contributed by atoms with Crippen LogP contribution in [0, 0.1) is 0 Å². The predicted molar refractivity (Wildman–Crippen MR) is 49.4 cm³/mol. The molecule has 76 valence electrons. The molecule has 1 aromatic rings. The van der Waals surface area contributed by atoms with E-state index in [1.165, 1.54) is 6.92 Å². The predicted octanol–water partition coefficient (Wildman–Crippen LogP) is -0.941. The first-order chi connectivity index (χ1) is 6.75. The second kappa shape index (κ2) is 3.75. The number of nitrogens with one attached hydrogen (secondary N) is 2. The zero-order valence-electron chi connectivity index (χ0n) is 8.03. The molecule has 2 N–H and O–H groups in total. The average Bonchev–Trinajstić information content (AvgIpc) is 2.46. The molecule has 1 aromatic heterocycles. The number of carbonyl (C=O) groups excluding carboxylic acids is 1. The van der Waals surface area contributed by atoms with Crippen molar-refractivity contribution in [3.05, 3.63) is 11.9 Å². The molecule has 1 saturated heterocycles. The molecule has 6 nitrogen and oxygen atoms in total. The second-order valence-electron chi connectivity index (χ2n) is 3.41. The molecule has 2 heterocycles. The molecule has 1 aliphatic rings. The highest BCUT2D eigenvalue weighted by Crippen LogP contribution is 2.09. The molecule has 0 bridgehead atoms. The maximum absolute atomic E-state index is 10.6. The minimum Gasteiger partial charge on any atom is -0.351 e. The second-order valence-corrected chi connectivity index (χ2v) is 3.41. The Morgan fingerprint density at radius 2 is 2.57 bits per heavy atom. The van der Waals surface area contributed by atoms with Crippen molar-refractivity contribution in [3.8, 4) is 0 Å². The van der Waals surface area contributed by atoms with Gasteiger partial charge in [-0.1, -0.05) is 5.21 Å². The van der Waals surface area contributed by atoms with Gasteiger partial charge in [0.05, 0.1) is 18.8 Å². The van der Waals surface area contributed by atoms with Crippen molar-refractivity contribution in [1.82, 2.24) is 25.6 Å². The zero-order valence-corrected chi connectivity index (χ0v) is 8.03. The molecule has 14 heavy (non-hydrogen) atoms. The fourth-order valence-electron chi connectivity index (χ4n) is 1.25. The van der Waals surface area contributed by atoms with Crippen LogP contribution in [0.25, 0.3) is 0 Å². The number of aromatic nitrogens is 3. The van der Waals surface area contributed by atoms with Crippen LogP contribution in [-0.4, -0.2) is 34.0 Å². The largest absolute Gasteiger partial charge is 0.351 e. The van der Waals surface area contributed by atoms with E-state index in [4.69, 9.17) is 0 Å². The number of hydrogen-bond donors (Lipinski definition) is 2. The zero-order chi connectivity index (χ0) is 9.97. The topological polar surface area (TPSA) is 71.8 Å². The first kappa shape index (κ1) is 9.14. The highest BCUT2D eigenvalue weighted by Gasteiger charge is 2.19. The van der Waals surface area contributed by atoms with Crippen LogP contribution in [0.2, 0.25) is 0 Å². The van der Waals surface area contributed by atoms with Gasteiger partial charge in [-0.25, -0.2) is 4.68 Å². The van der Waals surface area contributed by atoms with Gasteiger partial charge < -0.3 is 10.6 Å². The Morgan fingerprint density at radius 1 is 1.79 bits per heavy atom. The van der Waals surface area contributed by atoms with Gasteiger partial charge in [-0.15, -0.1) is 5.10 Å². The third kappa shape index (κ3) is 1.90. The van der Waals surface area contributed by atoms with E-state index >= 15 is 0 Å². The van der Waals surface area contributed by atoms with Crippen molar-refractivity contribution in [2.75, 3.05) is 13.1 Å². The first-order valence-electron chi connectivity index (χ1n) is 4.61. The molecule has 1 fully saturated rings. The monoisotopic (exact) mass is 195 g/mol. The lowest BCUT2D eigenvalue weighted by Crippen LogP contribution is -2.43. The quantitative estimate of drug-likeness (QED) is 0.653. The summed E-state index contributed by atoms with van der Waals surface area (Å²) in [5.74, 6) is -0.0511. The fraction of sp³-hybridized carbons (Fsp3) is 0.625. The van der Waals surface area contributed by atoms with Gasteiger partial charge in [0.25, 0.3) is 0 Å². The lowest BCUT2D eigenvalue weighted by molar-refractivity contribution is -0.119. The summed E-state index contributed by atoms with van der Waals surface area (Å²) in [6.45, 7) is 3.83. The molecular weight excluding hydrogens is 182 g/mol. The van der Waals surface area contributed by atoms with E-state index in [1.54, 1.807) is 0 Å². The lowest BCUT2D eigenvalue weighted by Gasteiger charge is -2.26. The minimum atomic E-state index is -0.0511. The van der Waals surface area contributed by atoms with Gasteiger partial charge in [-0.3, -0.25) is 4.79 Å². The maximum atomic E-state index is 10.6. The Labute approximate surface area is 81.7 Å². The Bertz CT molecular complexity index is 330. The number of rotatable bonds is 3. The molecule has 0 unspecified atom stereocenters. The number of hydrogen-bond acceptors (Lipinski definition) is 4. The van der Waals surface area contributed by atoms with Crippen LogP contribution in [0.3, 0.4) is 0 Å². The van der Waals surface area contributed by atoms with Gasteiger partial charge >= 0.3 is 0 Å². The molecular formula is C8H13N5O. The highest BCUT2D eigenvalue weighted by molar-refractivity contribution is 5.72. The summed E-state index contributed by atoms with van der Waals surface area (Å²) >= 11 is 0. The Balaban J connectivity index is 1.92. The third-order valence-electron chi connectivity index (χ3n) is 2.21. The molecule has 6 heteroatoms. The van der Waals surface area contributed by atoms with Gasteiger partial charge in [0, 0.05) is 20.0 Å². The molecule has 2 rings (SSSR count). The summed E-state index contributed by atoms with van der Waals surface area (Å²) < 4.78 is 1.84. The normalized spacial score (nSPS) is 16.4. The molecule has 0 saturated carbocycles. The van der Waals surface area contributed by atoms with E-state index < -0.39 is 0 Å². The smallest absolute Gasteiger partial charge is 0.217 e. The van der Waals surface area contributed by atoms with E-state index in [0.29, 0.717) is 12.6 Å². The van der Waals surface area contributed by atoms with Gasteiger partial charge in [0.1, 0.15) is 5.69 Å². The lowest BCUT2D eigenvalue weighted by atomic mass is 10.2. The van der Waals surface area contributed by atoms with Crippen molar-refractivity contribution in [3.63, 3.8) is 0 Å².